The number of hydrogen-bond acceptors (Lipinski definition) is 3. The highest BCUT2D eigenvalue weighted by atomic mass is 35.5. The van der Waals surface area contributed by atoms with E-state index in [0.29, 0.717) is 6.54 Å². The lowest BCUT2D eigenvalue weighted by molar-refractivity contribution is 0.643. The number of rotatable bonds is 2. The van der Waals surface area contributed by atoms with Crippen molar-refractivity contribution in [3.63, 3.8) is 0 Å². The number of anilines is 1. The first-order valence-electron chi connectivity index (χ1n) is 3.67. The summed E-state index contributed by atoms with van der Waals surface area (Å²) in [5, 5.41) is 0.0763. The predicted molar refractivity (Wildman–Crippen MR) is 48.2 cm³/mol. The molecule has 0 fully saturated rings. The molecule has 0 unspecified atom stereocenters. The molecule has 0 atom stereocenters. The highest BCUT2D eigenvalue weighted by Crippen LogP contribution is 2.07. The molecule has 0 saturated heterocycles. The fourth-order valence-corrected chi connectivity index (χ4v) is 1.01. The first-order valence-corrected chi connectivity index (χ1v) is 4.05. The Morgan fingerprint density at radius 1 is 1.75 bits per heavy atom. The molecule has 1 aromatic rings. The van der Waals surface area contributed by atoms with E-state index < -0.39 is 0 Å². The molecule has 0 aliphatic carbocycles. The summed E-state index contributed by atoms with van der Waals surface area (Å²) in [5.74, 6) is 0. The third kappa shape index (κ3) is 1.58. The van der Waals surface area contributed by atoms with E-state index in [1.54, 1.807) is 0 Å². The molecule has 5 heteroatoms. The smallest absolute Gasteiger partial charge is 0.278 e. The molecule has 0 aliphatic heterocycles. The second kappa shape index (κ2) is 3.58. The van der Waals surface area contributed by atoms with Crippen LogP contribution >= 0.6 is 11.6 Å². The van der Waals surface area contributed by atoms with Gasteiger partial charge in [0.1, 0.15) is 5.69 Å². The summed E-state index contributed by atoms with van der Waals surface area (Å²) in [6.45, 7) is 2.59. The monoisotopic (exact) mass is 187 g/mol. The molecule has 0 radical (unpaired) electrons. The van der Waals surface area contributed by atoms with Crippen molar-refractivity contribution in [3.8, 4) is 0 Å². The van der Waals surface area contributed by atoms with Crippen LogP contribution in [0, 0.1) is 0 Å². The minimum absolute atomic E-state index is 0.0209. The lowest BCUT2D eigenvalue weighted by Crippen LogP contribution is -2.23. The van der Waals surface area contributed by atoms with Crippen molar-refractivity contribution in [2.45, 2.75) is 19.9 Å². The molecule has 0 aliphatic rings. The maximum absolute atomic E-state index is 11.3. The topological polar surface area (TPSA) is 60.9 Å². The van der Waals surface area contributed by atoms with Crippen LogP contribution in [-0.4, -0.2) is 9.55 Å². The van der Waals surface area contributed by atoms with Crippen LogP contribution in [0.3, 0.4) is 0 Å². The molecule has 0 amide bonds. The van der Waals surface area contributed by atoms with E-state index in [9.17, 15) is 4.79 Å². The quantitative estimate of drug-likeness (QED) is 0.700. The van der Waals surface area contributed by atoms with Crippen LogP contribution in [0.25, 0.3) is 0 Å². The summed E-state index contributed by atoms with van der Waals surface area (Å²) < 4.78 is 1.45. The summed E-state index contributed by atoms with van der Waals surface area (Å²) in [4.78, 5) is 15.1. The van der Waals surface area contributed by atoms with E-state index >= 15 is 0 Å². The van der Waals surface area contributed by atoms with Crippen molar-refractivity contribution in [2.24, 2.45) is 0 Å². The Bertz CT molecular complexity index is 334. The minimum atomic E-state index is -0.267. The van der Waals surface area contributed by atoms with E-state index in [-0.39, 0.29) is 16.4 Å². The number of aromatic nitrogens is 2. The number of nitrogens with two attached hydrogens (primary N) is 1. The average molecular weight is 188 g/mol. The molecule has 2 N–H and O–H groups in total. The fourth-order valence-electron chi connectivity index (χ4n) is 0.885. The van der Waals surface area contributed by atoms with E-state index in [1.807, 2.05) is 6.92 Å². The van der Waals surface area contributed by atoms with Crippen LogP contribution in [0.5, 0.6) is 0 Å². The Balaban J connectivity index is 3.18. The van der Waals surface area contributed by atoms with E-state index in [2.05, 4.69) is 4.98 Å². The molecule has 12 heavy (non-hydrogen) atoms. The van der Waals surface area contributed by atoms with E-state index in [0.717, 1.165) is 6.42 Å². The standard InChI is InChI=1S/C7H10ClN3O/c1-2-3-11-4-10-6(8)5(9)7(11)12/h4H,2-3,9H2,1H3. The number of hydrogen-bond donors (Lipinski definition) is 1. The average Bonchev–Trinajstić information content (AvgIpc) is 2.07. The zero-order chi connectivity index (χ0) is 9.14. The molecule has 0 spiro atoms. The third-order valence-corrected chi connectivity index (χ3v) is 1.79. The fraction of sp³-hybridized carbons (Fsp3) is 0.429. The number of aryl methyl sites for hydroxylation is 1. The van der Waals surface area contributed by atoms with Gasteiger partial charge in [-0.25, -0.2) is 4.98 Å². The van der Waals surface area contributed by atoms with Gasteiger partial charge in [-0.15, -0.1) is 0 Å². The highest BCUT2D eigenvalue weighted by Gasteiger charge is 2.04. The summed E-state index contributed by atoms with van der Waals surface area (Å²) >= 11 is 5.54. The van der Waals surface area contributed by atoms with Gasteiger partial charge in [0.05, 0.1) is 6.33 Å². The largest absolute Gasteiger partial charge is 0.392 e. The Labute approximate surface area is 75.0 Å². The lowest BCUT2D eigenvalue weighted by atomic mass is 10.4. The first-order chi connectivity index (χ1) is 5.66. The first kappa shape index (κ1) is 9.06. The highest BCUT2D eigenvalue weighted by molar-refractivity contribution is 6.31. The van der Waals surface area contributed by atoms with Crippen LogP contribution in [0.1, 0.15) is 13.3 Å². The third-order valence-electron chi connectivity index (χ3n) is 1.49. The molecule has 0 saturated carbocycles. The molecule has 1 heterocycles. The van der Waals surface area contributed by atoms with Gasteiger partial charge in [0.25, 0.3) is 5.56 Å². The zero-order valence-corrected chi connectivity index (χ0v) is 7.51. The van der Waals surface area contributed by atoms with Gasteiger partial charge in [0, 0.05) is 6.54 Å². The molecule has 1 rings (SSSR count). The molecule has 1 aromatic heterocycles. The number of nitrogen functional groups attached to an aromatic ring is 1. The molecule has 66 valence electrons. The van der Waals surface area contributed by atoms with Gasteiger partial charge in [-0.05, 0) is 6.42 Å². The van der Waals surface area contributed by atoms with Crippen LogP contribution in [0.15, 0.2) is 11.1 Å². The Kier molecular flexibility index (Phi) is 2.70. The SMILES string of the molecule is CCCn1cnc(Cl)c(N)c1=O. The van der Waals surface area contributed by atoms with Crippen LogP contribution < -0.4 is 11.3 Å². The molecule has 0 bridgehead atoms. The molecule has 4 nitrogen and oxygen atoms in total. The van der Waals surface area contributed by atoms with Gasteiger partial charge in [-0.1, -0.05) is 18.5 Å². The summed E-state index contributed by atoms with van der Waals surface area (Å²) in [6.07, 6.45) is 2.27. The maximum atomic E-state index is 11.3. The molecule has 0 aromatic carbocycles. The Morgan fingerprint density at radius 2 is 2.42 bits per heavy atom. The van der Waals surface area contributed by atoms with Gasteiger partial charge in [-0.2, -0.15) is 0 Å². The van der Waals surface area contributed by atoms with Crippen molar-refractivity contribution in [1.82, 2.24) is 9.55 Å². The number of halogens is 1. The summed E-state index contributed by atoms with van der Waals surface area (Å²) in [6, 6.07) is 0. The maximum Gasteiger partial charge on any atom is 0.278 e. The zero-order valence-electron chi connectivity index (χ0n) is 6.75. The second-order valence-corrected chi connectivity index (χ2v) is 2.81. The van der Waals surface area contributed by atoms with Gasteiger partial charge >= 0.3 is 0 Å². The van der Waals surface area contributed by atoms with Crippen LogP contribution in [-0.2, 0) is 6.54 Å². The van der Waals surface area contributed by atoms with Crippen molar-refractivity contribution < 1.29 is 0 Å². The van der Waals surface area contributed by atoms with Gasteiger partial charge in [-0.3, -0.25) is 9.36 Å². The van der Waals surface area contributed by atoms with Crippen LogP contribution in [0.4, 0.5) is 5.69 Å². The molecular formula is C7H10ClN3O. The number of nitrogens with zero attached hydrogens (tertiary/aromatic N) is 2. The van der Waals surface area contributed by atoms with Crippen molar-refractivity contribution in [3.05, 3.63) is 21.8 Å². The Hall–Kier alpha value is -1.03. The van der Waals surface area contributed by atoms with Crippen LogP contribution in [0.2, 0.25) is 5.15 Å². The minimum Gasteiger partial charge on any atom is -0.392 e. The lowest BCUT2D eigenvalue weighted by Gasteiger charge is -2.03. The normalized spacial score (nSPS) is 10.2. The Morgan fingerprint density at radius 3 is 3.00 bits per heavy atom. The summed E-state index contributed by atoms with van der Waals surface area (Å²) in [5.41, 5.74) is 5.14. The van der Waals surface area contributed by atoms with Crippen molar-refractivity contribution in [1.29, 1.82) is 0 Å². The van der Waals surface area contributed by atoms with Gasteiger partial charge < -0.3 is 5.73 Å². The van der Waals surface area contributed by atoms with E-state index in [4.69, 9.17) is 17.3 Å². The van der Waals surface area contributed by atoms with Crippen molar-refractivity contribution >= 4 is 17.3 Å². The second-order valence-electron chi connectivity index (χ2n) is 2.45. The van der Waals surface area contributed by atoms with Gasteiger partial charge in [0.2, 0.25) is 0 Å². The van der Waals surface area contributed by atoms with Crippen molar-refractivity contribution in [2.75, 3.05) is 5.73 Å². The summed E-state index contributed by atoms with van der Waals surface area (Å²) in [7, 11) is 0. The molecular weight excluding hydrogens is 178 g/mol. The van der Waals surface area contributed by atoms with E-state index in [1.165, 1.54) is 10.9 Å². The van der Waals surface area contributed by atoms with Gasteiger partial charge in [0.15, 0.2) is 5.15 Å². The predicted octanol–water partition coefficient (Wildman–Crippen LogP) is 0.889.